The molecule has 3 aromatic rings. The van der Waals surface area contributed by atoms with E-state index < -0.39 is 0 Å². The minimum absolute atomic E-state index is 0.589. The average Bonchev–Trinajstić information content (AvgIpc) is 2.84. The summed E-state index contributed by atoms with van der Waals surface area (Å²) in [5.74, 6) is 0.589. The predicted octanol–water partition coefficient (Wildman–Crippen LogP) is 3.68. The molecule has 100 valence electrons. The molecule has 20 heavy (non-hydrogen) atoms. The molecule has 0 spiro atoms. The molecule has 1 heterocycles. The summed E-state index contributed by atoms with van der Waals surface area (Å²) in [6.45, 7) is 3.97. The van der Waals surface area contributed by atoms with E-state index in [0.717, 1.165) is 22.2 Å². The van der Waals surface area contributed by atoms with E-state index in [1.165, 1.54) is 5.56 Å². The molecule has 0 saturated carbocycles. The van der Waals surface area contributed by atoms with Gasteiger partial charge in [-0.15, -0.1) is 0 Å². The molecular weight excluding hydrogens is 252 g/mol. The van der Waals surface area contributed by atoms with Gasteiger partial charge in [-0.3, -0.25) is 4.79 Å². The molecule has 1 aromatic heterocycles. The van der Waals surface area contributed by atoms with Crippen LogP contribution in [0.4, 0.5) is 5.69 Å². The SMILES string of the molecule is Cc1ccc(-c2nc3cc(NC=O)cc(C)c3o2)cc1. The van der Waals surface area contributed by atoms with Gasteiger partial charge in [0, 0.05) is 11.3 Å². The van der Waals surface area contributed by atoms with Crippen molar-refractivity contribution in [2.45, 2.75) is 13.8 Å². The molecule has 0 fully saturated rings. The summed E-state index contributed by atoms with van der Waals surface area (Å²) in [6, 6.07) is 11.7. The van der Waals surface area contributed by atoms with Crippen LogP contribution < -0.4 is 5.32 Å². The summed E-state index contributed by atoms with van der Waals surface area (Å²) in [6.07, 6.45) is 0.654. The van der Waals surface area contributed by atoms with Gasteiger partial charge >= 0.3 is 0 Å². The van der Waals surface area contributed by atoms with Crippen LogP contribution in [0.25, 0.3) is 22.6 Å². The van der Waals surface area contributed by atoms with Crippen LogP contribution in [-0.2, 0) is 4.79 Å². The summed E-state index contributed by atoms with van der Waals surface area (Å²) in [7, 11) is 0. The Morgan fingerprint density at radius 3 is 2.60 bits per heavy atom. The topological polar surface area (TPSA) is 55.1 Å². The minimum Gasteiger partial charge on any atom is -0.436 e. The number of benzene rings is 2. The van der Waals surface area contributed by atoms with Gasteiger partial charge in [0.2, 0.25) is 12.3 Å². The molecule has 0 unspecified atom stereocenters. The fourth-order valence-corrected chi connectivity index (χ4v) is 2.17. The monoisotopic (exact) mass is 266 g/mol. The van der Waals surface area contributed by atoms with Crippen molar-refractivity contribution in [3.05, 3.63) is 47.5 Å². The first kappa shape index (κ1) is 12.4. The maximum Gasteiger partial charge on any atom is 0.227 e. The van der Waals surface area contributed by atoms with E-state index in [1.807, 2.05) is 44.2 Å². The van der Waals surface area contributed by atoms with Crippen LogP contribution in [0.5, 0.6) is 0 Å². The molecule has 4 heteroatoms. The Morgan fingerprint density at radius 2 is 1.90 bits per heavy atom. The molecule has 4 nitrogen and oxygen atoms in total. The van der Waals surface area contributed by atoms with Gasteiger partial charge in [-0.05, 0) is 43.7 Å². The van der Waals surface area contributed by atoms with Crippen molar-refractivity contribution in [2.24, 2.45) is 0 Å². The number of nitrogens with zero attached hydrogens (tertiary/aromatic N) is 1. The number of nitrogens with one attached hydrogen (secondary N) is 1. The van der Waals surface area contributed by atoms with Crippen molar-refractivity contribution < 1.29 is 9.21 Å². The first-order valence-corrected chi connectivity index (χ1v) is 6.36. The number of hydrogen-bond donors (Lipinski definition) is 1. The number of hydrogen-bond acceptors (Lipinski definition) is 3. The Labute approximate surface area is 116 Å². The maximum absolute atomic E-state index is 10.5. The van der Waals surface area contributed by atoms with E-state index in [4.69, 9.17) is 4.42 Å². The van der Waals surface area contributed by atoms with Gasteiger partial charge in [-0.2, -0.15) is 0 Å². The molecule has 1 N–H and O–H groups in total. The molecule has 2 aromatic carbocycles. The zero-order chi connectivity index (χ0) is 14.1. The van der Waals surface area contributed by atoms with Gasteiger partial charge in [-0.25, -0.2) is 4.98 Å². The third-order valence-corrected chi connectivity index (χ3v) is 3.20. The Morgan fingerprint density at radius 1 is 1.15 bits per heavy atom. The third kappa shape index (κ3) is 2.16. The average molecular weight is 266 g/mol. The predicted molar refractivity (Wildman–Crippen MR) is 78.6 cm³/mol. The zero-order valence-corrected chi connectivity index (χ0v) is 11.3. The maximum atomic E-state index is 10.5. The summed E-state index contributed by atoms with van der Waals surface area (Å²) in [4.78, 5) is 15.0. The molecule has 0 bridgehead atoms. The second-order valence-corrected chi connectivity index (χ2v) is 4.79. The van der Waals surface area contributed by atoms with Gasteiger partial charge in [0.05, 0.1) is 0 Å². The molecule has 0 radical (unpaired) electrons. The number of oxazole rings is 1. The van der Waals surface area contributed by atoms with E-state index in [2.05, 4.69) is 10.3 Å². The molecule has 0 atom stereocenters. The van der Waals surface area contributed by atoms with E-state index in [1.54, 1.807) is 6.07 Å². The van der Waals surface area contributed by atoms with Gasteiger partial charge < -0.3 is 9.73 Å². The first-order chi connectivity index (χ1) is 9.67. The number of carbonyl (C=O) groups excluding carboxylic acids is 1. The van der Waals surface area contributed by atoms with Crippen molar-refractivity contribution >= 4 is 23.2 Å². The van der Waals surface area contributed by atoms with Gasteiger partial charge in [0.15, 0.2) is 5.58 Å². The Kier molecular flexibility index (Phi) is 2.99. The van der Waals surface area contributed by atoms with Crippen molar-refractivity contribution in [3.63, 3.8) is 0 Å². The lowest BCUT2D eigenvalue weighted by Gasteiger charge is -1.99. The highest BCUT2D eigenvalue weighted by atomic mass is 16.3. The van der Waals surface area contributed by atoms with Crippen LogP contribution in [0.3, 0.4) is 0 Å². The number of fused-ring (bicyclic) bond motifs is 1. The number of anilines is 1. The van der Waals surface area contributed by atoms with Gasteiger partial charge in [0.1, 0.15) is 5.52 Å². The number of carbonyl (C=O) groups is 1. The largest absolute Gasteiger partial charge is 0.436 e. The Bertz CT molecular complexity index is 773. The summed E-state index contributed by atoms with van der Waals surface area (Å²) >= 11 is 0. The Hall–Kier alpha value is -2.62. The second kappa shape index (κ2) is 4.81. The van der Waals surface area contributed by atoms with Crippen molar-refractivity contribution in [1.29, 1.82) is 0 Å². The van der Waals surface area contributed by atoms with Crippen molar-refractivity contribution in [2.75, 3.05) is 5.32 Å². The highest BCUT2D eigenvalue weighted by Crippen LogP contribution is 2.28. The second-order valence-electron chi connectivity index (χ2n) is 4.79. The quantitative estimate of drug-likeness (QED) is 0.736. The van der Waals surface area contributed by atoms with E-state index in [0.29, 0.717) is 18.0 Å². The molecular formula is C16H14N2O2. The third-order valence-electron chi connectivity index (χ3n) is 3.20. The smallest absolute Gasteiger partial charge is 0.227 e. The number of aromatic nitrogens is 1. The van der Waals surface area contributed by atoms with E-state index >= 15 is 0 Å². The molecule has 0 aliphatic carbocycles. The molecule has 3 rings (SSSR count). The zero-order valence-electron chi connectivity index (χ0n) is 11.3. The highest BCUT2D eigenvalue weighted by Gasteiger charge is 2.11. The van der Waals surface area contributed by atoms with E-state index in [-0.39, 0.29) is 0 Å². The Balaban J connectivity index is 2.12. The van der Waals surface area contributed by atoms with Crippen LogP contribution in [0.15, 0.2) is 40.8 Å². The summed E-state index contributed by atoms with van der Waals surface area (Å²) in [5, 5.41) is 2.63. The van der Waals surface area contributed by atoms with Crippen LogP contribution in [0, 0.1) is 13.8 Å². The lowest BCUT2D eigenvalue weighted by Crippen LogP contribution is -1.93. The molecule has 1 amide bonds. The number of rotatable bonds is 3. The lowest BCUT2D eigenvalue weighted by molar-refractivity contribution is -0.105. The molecule has 0 saturated heterocycles. The highest BCUT2D eigenvalue weighted by molar-refractivity contribution is 5.85. The van der Waals surface area contributed by atoms with Crippen LogP contribution in [-0.4, -0.2) is 11.4 Å². The molecule has 0 aliphatic heterocycles. The van der Waals surface area contributed by atoms with Crippen LogP contribution in [0.1, 0.15) is 11.1 Å². The fraction of sp³-hybridized carbons (Fsp3) is 0.125. The molecule has 0 aliphatic rings. The minimum atomic E-state index is 0.589. The van der Waals surface area contributed by atoms with Gasteiger partial charge in [0.25, 0.3) is 0 Å². The number of amides is 1. The number of aryl methyl sites for hydroxylation is 2. The summed E-state index contributed by atoms with van der Waals surface area (Å²) in [5.41, 5.74) is 5.28. The van der Waals surface area contributed by atoms with Gasteiger partial charge in [-0.1, -0.05) is 17.7 Å². The van der Waals surface area contributed by atoms with Crippen LogP contribution >= 0.6 is 0 Å². The van der Waals surface area contributed by atoms with Crippen molar-refractivity contribution in [1.82, 2.24) is 4.98 Å². The lowest BCUT2D eigenvalue weighted by atomic mass is 10.1. The van der Waals surface area contributed by atoms with Crippen molar-refractivity contribution in [3.8, 4) is 11.5 Å². The van der Waals surface area contributed by atoms with E-state index in [9.17, 15) is 4.79 Å². The first-order valence-electron chi connectivity index (χ1n) is 6.36. The standard InChI is InChI=1S/C16H14N2O2/c1-10-3-5-12(6-4-10)16-18-14-8-13(17-9-19)7-11(2)15(14)20-16/h3-9H,1-2H3,(H,17,19). The fourth-order valence-electron chi connectivity index (χ4n) is 2.17. The normalized spacial score (nSPS) is 10.7. The van der Waals surface area contributed by atoms with Crippen LogP contribution in [0.2, 0.25) is 0 Å². The summed E-state index contributed by atoms with van der Waals surface area (Å²) < 4.78 is 5.83.